The Kier molecular flexibility index (Phi) is 6.35. The Hall–Kier alpha value is -0.0800. The average Bonchev–Trinajstić information content (AvgIpc) is 2.14. The van der Waals surface area contributed by atoms with E-state index in [1.54, 1.807) is 7.11 Å². The first-order valence-corrected chi connectivity index (χ1v) is 5.26. The van der Waals surface area contributed by atoms with Crippen molar-refractivity contribution in [1.29, 1.82) is 0 Å². The van der Waals surface area contributed by atoms with E-state index in [4.69, 9.17) is 9.84 Å². The first kappa shape index (κ1) is 12.9. The molecule has 0 aromatic heterocycles. The van der Waals surface area contributed by atoms with Crippen LogP contribution in [0.5, 0.6) is 0 Å². The Morgan fingerprint density at radius 1 is 1.46 bits per heavy atom. The molecule has 2 atom stereocenters. The van der Waals surface area contributed by atoms with Crippen LogP contribution in [0.4, 0.5) is 0 Å². The van der Waals surface area contributed by atoms with Crippen LogP contribution in [-0.2, 0) is 4.74 Å². The summed E-state index contributed by atoms with van der Waals surface area (Å²) in [4.78, 5) is 0. The number of hydrogen-bond donors (Lipinski definition) is 1. The normalized spacial score (nSPS) is 18.2. The quantitative estimate of drug-likeness (QED) is 0.665. The summed E-state index contributed by atoms with van der Waals surface area (Å²) < 4.78 is 5.48. The second kappa shape index (κ2) is 6.39. The van der Waals surface area contributed by atoms with E-state index in [0.29, 0.717) is 5.92 Å². The summed E-state index contributed by atoms with van der Waals surface area (Å²) in [5.74, 6) is 0.518. The number of methoxy groups -OCH3 is 1. The van der Waals surface area contributed by atoms with Crippen LogP contribution < -0.4 is 0 Å². The van der Waals surface area contributed by atoms with E-state index in [9.17, 15) is 0 Å². The molecule has 0 saturated carbocycles. The first-order valence-electron chi connectivity index (χ1n) is 5.26. The van der Waals surface area contributed by atoms with Crippen molar-refractivity contribution in [2.45, 2.75) is 52.1 Å². The fraction of sp³-hybridized carbons (Fsp3) is 1.00. The maximum absolute atomic E-state index is 8.93. The fourth-order valence-corrected chi connectivity index (χ4v) is 1.59. The van der Waals surface area contributed by atoms with E-state index in [-0.39, 0.29) is 12.2 Å². The summed E-state index contributed by atoms with van der Waals surface area (Å²) in [6.45, 7) is 6.70. The molecule has 2 unspecified atom stereocenters. The van der Waals surface area contributed by atoms with E-state index in [2.05, 4.69) is 20.8 Å². The predicted molar refractivity (Wildman–Crippen MR) is 55.8 cm³/mol. The van der Waals surface area contributed by atoms with E-state index in [1.165, 1.54) is 19.3 Å². The molecule has 0 aromatic carbocycles. The molecule has 0 spiro atoms. The Labute approximate surface area is 82.3 Å². The highest BCUT2D eigenvalue weighted by molar-refractivity contribution is 4.80. The summed E-state index contributed by atoms with van der Waals surface area (Å²) >= 11 is 0. The van der Waals surface area contributed by atoms with Gasteiger partial charge in [-0.05, 0) is 25.7 Å². The molecule has 0 heterocycles. The van der Waals surface area contributed by atoms with E-state index in [0.717, 1.165) is 6.42 Å². The number of aliphatic hydroxyl groups excluding tert-OH is 1. The number of rotatable bonds is 7. The van der Waals surface area contributed by atoms with Crippen molar-refractivity contribution in [3.63, 3.8) is 0 Å². The van der Waals surface area contributed by atoms with Crippen LogP contribution in [0.25, 0.3) is 0 Å². The zero-order valence-corrected chi connectivity index (χ0v) is 9.47. The third-order valence-corrected chi connectivity index (χ3v) is 3.11. The largest absolute Gasteiger partial charge is 0.396 e. The fourth-order valence-electron chi connectivity index (χ4n) is 1.59. The molecule has 0 rings (SSSR count). The minimum absolute atomic E-state index is 0.149. The lowest BCUT2D eigenvalue weighted by Crippen LogP contribution is -2.36. The van der Waals surface area contributed by atoms with Crippen LogP contribution in [0, 0.1) is 5.92 Å². The summed E-state index contributed by atoms with van der Waals surface area (Å²) in [6, 6.07) is 0. The molecule has 0 bridgehead atoms. The van der Waals surface area contributed by atoms with Crippen molar-refractivity contribution in [3.8, 4) is 0 Å². The number of ether oxygens (including phenoxy) is 1. The molecule has 0 aliphatic heterocycles. The van der Waals surface area contributed by atoms with Crippen LogP contribution in [-0.4, -0.2) is 24.4 Å². The van der Waals surface area contributed by atoms with Gasteiger partial charge in [-0.3, -0.25) is 0 Å². The van der Waals surface area contributed by atoms with Crippen LogP contribution in [0.1, 0.15) is 46.5 Å². The minimum Gasteiger partial charge on any atom is -0.396 e. The molecule has 0 aliphatic rings. The molecule has 0 amide bonds. The van der Waals surface area contributed by atoms with Gasteiger partial charge in [0.2, 0.25) is 0 Å². The number of hydrogen-bond acceptors (Lipinski definition) is 2. The molecule has 0 fully saturated rings. The standard InChI is InChI=1S/C11H24O2/c1-5-6-7-10(2)11(3,13-4)8-9-12/h10,12H,5-9H2,1-4H3. The molecule has 2 heteroatoms. The van der Waals surface area contributed by atoms with E-state index in [1.807, 2.05) is 0 Å². The maximum atomic E-state index is 8.93. The second-order valence-corrected chi connectivity index (χ2v) is 4.03. The van der Waals surface area contributed by atoms with Crippen molar-refractivity contribution < 1.29 is 9.84 Å². The van der Waals surface area contributed by atoms with Gasteiger partial charge in [-0.2, -0.15) is 0 Å². The summed E-state index contributed by atoms with van der Waals surface area (Å²) in [5, 5.41) is 8.93. The molecule has 0 aliphatic carbocycles. The first-order chi connectivity index (χ1) is 6.10. The lowest BCUT2D eigenvalue weighted by molar-refractivity contribution is -0.0562. The van der Waals surface area contributed by atoms with Gasteiger partial charge in [0.25, 0.3) is 0 Å². The average molecular weight is 188 g/mol. The smallest absolute Gasteiger partial charge is 0.0697 e. The Bertz CT molecular complexity index is 125. The molecular weight excluding hydrogens is 164 g/mol. The SMILES string of the molecule is CCCCC(C)C(C)(CCO)OC. The van der Waals surface area contributed by atoms with Crippen molar-refractivity contribution in [2.24, 2.45) is 5.92 Å². The number of unbranched alkanes of at least 4 members (excludes halogenated alkanes) is 1. The summed E-state index contributed by atoms with van der Waals surface area (Å²) in [5.41, 5.74) is -0.149. The van der Waals surface area contributed by atoms with Gasteiger partial charge >= 0.3 is 0 Å². The van der Waals surface area contributed by atoms with Crippen LogP contribution in [0.3, 0.4) is 0 Å². The Balaban J connectivity index is 4.03. The molecule has 2 nitrogen and oxygen atoms in total. The van der Waals surface area contributed by atoms with Gasteiger partial charge in [0.1, 0.15) is 0 Å². The highest BCUT2D eigenvalue weighted by Gasteiger charge is 2.29. The summed E-state index contributed by atoms with van der Waals surface area (Å²) in [6.07, 6.45) is 4.38. The summed E-state index contributed by atoms with van der Waals surface area (Å²) in [7, 11) is 1.73. The highest BCUT2D eigenvalue weighted by Crippen LogP contribution is 2.28. The molecule has 80 valence electrons. The van der Waals surface area contributed by atoms with Gasteiger partial charge in [-0.15, -0.1) is 0 Å². The predicted octanol–water partition coefficient (Wildman–Crippen LogP) is 2.60. The minimum atomic E-state index is -0.149. The lowest BCUT2D eigenvalue weighted by Gasteiger charge is -2.34. The van der Waals surface area contributed by atoms with Crippen molar-refractivity contribution >= 4 is 0 Å². The second-order valence-electron chi connectivity index (χ2n) is 4.03. The molecule has 13 heavy (non-hydrogen) atoms. The monoisotopic (exact) mass is 188 g/mol. The van der Waals surface area contributed by atoms with Gasteiger partial charge in [0.05, 0.1) is 5.60 Å². The highest BCUT2D eigenvalue weighted by atomic mass is 16.5. The van der Waals surface area contributed by atoms with Crippen molar-refractivity contribution in [2.75, 3.05) is 13.7 Å². The van der Waals surface area contributed by atoms with Gasteiger partial charge < -0.3 is 9.84 Å². The van der Waals surface area contributed by atoms with Gasteiger partial charge in [-0.25, -0.2) is 0 Å². The van der Waals surface area contributed by atoms with Gasteiger partial charge in [0, 0.05) is 13.7 Å². The molecule has 1 N–H and O–H groups in total. The number of aliphatic hydroxyl groups is 1. The van der Waals surface area contributed by atoms with Crippen molar-refractivity contribution in [3.05, 3.63) is 0 Å². The topological polar surface area (TPSA) is 29.5 Å². The maximum Gasteiger partial charge on any atom is 0.0697 e. The molecule has 0 radical (unpaired) electrons. The van der Waals surface area contributed by atoms with E-state index < -0.39 is 0 Å². The Morgan fingerprint density at radius 3 is 2.46 bits per heavy atom. The van der Waals surface area contributed by atoms with Crippen LogP contribution in [0.15, 0.2) is 0 Å². The van der Waals surface area contributed by atoms with Gasteiger partial charge in [0.15, 0.2) is 0 Å². The zero-order valence-electron chi connectivity index (χ0n) is 9.47. The molecular formula is C11H24O2. The van der Waals surface area contributed by atoms with Crippen LogP contribution >= 0.6 is 0 Å². The third kappa shape index (κ3) is 4.10. The third-order valence-electron chi connectivity index (χ3n) is 3.11. The zero-order chi connectivity index (χ0) is 10.3. The molecule has 0 saturated heterocycles. The molecule has 0 aromatic rings. The Morgan fingerprint density at radius 2 is 2.08 bits per heavy atom. The van der Waals surface area contributed by atoms with E-state index >= 15 is 0 Å². The van der Waals surface area contributed by atoms with Crippen molar-refractivity contribution in [1.82, 2.24) is 0 Å². The van der Waals surface area contributed by atoms with Crippen LogP contribution in [0.2, 0.25) is 0 Å². The lowest BCUT2D eigenvalue weighted by atomic mass is 9.84. The van der Waals surface area contributed by atoms with Gasteiger partial charge in [-0.1, -0.05) is 26.7 Å².